The lowest BCUT2D eigenvalue weighted by atomic mass is 9.96. The van der Waals surface area contributed by atoms with Gasteiger partial charge in [-0.25, -0.2) is 4.79 Å². The fourth-order valence-corrected chi connectivity index (χ4v) is 4.35. The molecule has 0 spiro atoms. The normalized spacial score (nSPS) is 15.1. The number of fused-ring (bicyclic) bond motifs is 1. The van der Waals surface area contributed by atoms with E-state index < -0.39 is 11.7 Å². The number of para-hydroxylation sites is 2. The molecule has 3 heterocycles. The molecule has 4 aromatic rings. The van der Waals surface area contributed by atoms with Crippen molar-refractivity contribution < 1.29 is 13.7 Å². The van der Waals surface area contributed by atoms with Gasteiger partial charge in [-0.05, 0) is 61.7 Å². The van der Waals surface area contributed by atoms with Gasteiger partial charge in [-0.2, -0.15) is 4.98 Å². The molecule has 1 fully saturated rings. The van der Waals surface area contributed by atoms with Crippen LogP contribution >= 0.6 is 11.6 Å². The summed E-state index contributed by atoms with van der Waals surface area (Å²) in [5.74, 6) is -0.417. The molecule has 0 unspecified atom stereocenters. The van der Waals surface area contributed by atoms with Crippen molar-refractivity contribution in [3.8, 4) is 0 Å². The Morgan fingerprint density at radius 1 is 1.09 bits per heavy atom. The van der Waals surface area contributed by atoms with Gasteiger partial charge < -0.3 is 14.3 Å². The molecule has 0 radical (unpaired) electrons. The molecule has 2 aromatic heterocycles. The number of carbonyl (C=O) groups is 1. The number of rotatable bonds is 7. The van der Waals surface area contributed by atoms with Crippen LogP contribution in [0.3, 0.4) is 0 Å². The SMILES string of the molecule is O=C(NCC1CCN(Cc2ccc(Cl)cc2)CC1)c1nc(Cn2c(=O)oc3ccccc32)no1. The summed E-state index contributed by atoms with van der Waals surface area (Å²) in [5.41, 5.74) is 2.35. The van der Waals surface area contributed by atoms with Gasteiger partial charge in [-0.1, -0.05) is 41.0 Å². The van der Waals surface area contributed by atoms with Crippen molar-refractivity contribution in [2.45, 2.75) is 25.9 Å². The van der Waals surface area contributed by atoms with E-state index in [0.29, 0.717) is 23.6 Å². The maximum atomic E-state index is 12.5. The Morgan fingerprint density at radius 2 is 1.85 bits per heavy atom. The van der Waals surface area contributed by atoms with Gasteiger partial charge in [0.25, 0.3) is 0 Å². The number of piperidine rings is 1. The molecular weight excluding hydrogens is 458 g/mol. The first-order chi connectivity index (χ1) is 16.5. The van der Waals surface area contributed by atoms with Crippen LogP contribution in [0.4, 0.5) is 0 Å². The molecule has 2 aromatic carbocycles. The fourth-order valence-electron chi connectivity index (χ4n) is 4.22. The first-order valence-electron chi connectivity index (χ1n) is 11.2. The summed E-state index contributed by atoms with van der Waals surface area (Å²) in [6.45, 7) is 3.45. The topological polar surface area (TPSA) is 106 Å². The predicted molar refractivity (Wildman–Crippen MR) is 126 cm³/mol. The van der Waals surface area contributed by atoms with Crippen molar-refractivity contribution in [2.24, 2.45) is 5.92 Å². The second kappa shape index (κ2) is 9.82. The molecule has 34 heavy (non-hydrogen) atoms. The summed E-state index contributed by atoms with van der Waals surface area (Å²) in [4.78, 5) is 31.2. The largest absolute Gasteiger partial charge is 0.420 e. The number of hydrogen-bond donors (Lipinski definition) is 1. The Labute approximate surface area is 200 Å². The number of nitrogens with one attached hydrogen (secondary N) is 1. The quantitative estimate of drug-likeness (QED) is 0.431. The van der Waals surface area contributed by atoms with Crippen LogP contribution in [0.1, 0.15) is 34.9 Å². The van der Waals surface area contributed by atoms with E-state index in [4.69, 9.17) is 20.5 Å². The van der Waals surface area contributed by atoms with Gasteiger partial charge in [0.2, 0.25) is 0 Å². The number of amides is 1. The van der Waals surface area contributed by atoms with Crippen LogP contribution in [0, 0.1) is 5.92 Å². The van der Waals surface area contributed by atoms with Crippen molar-refractivity contribution in [1.82, 2.24) is 24.9 Å². The van der Waals surface area contributed by atoms with Gasteiger partial charge in [-0.3, -0.25) is 14.3 Å². The van der Waals surface area contributed by atoms with Crippen LogP contribution < -0.4 is 11.1 Å². The lowest BCUT2D eigenvalue weighted by Crippen LogP contribution is -2.38. The Hall–Kier alpha value is -3.43. The first kappa shape index (κ1) is 22.4. The molecule has 9 nitrogen and oxygen atoms in total. The van der Waals surface area contributed by atoms with Crippen LogP contribution in [-0.2, 0) is 13.1 Å². The maximum Gasteiger partial charge on any atom is 0.420 e. The third-order valence-corrected chi connectivity index (χ3v) is 6.37. The number of likely N-dealkylation sites (tertiary alicyclic amines) is 1. The molecule has 1 aliphatic heterocycles. The number of hydrogen-bond acceptors (Lipinski definition) is 7. The van der Waals surface area contributed by atoms with Gasteiger partial charge >= 0.3 is 17.6 Å². The zero-order valence-corrected chi connectivity index (χ0v) is 19.2. The molecule has 1 N–H and O–H groups in total. The summed E-state index contributed by atoms with van der Waals surface area (Å²) >= 11 is 5.96. The van der Waals surface area contributed by atoms with Crippen LogP contribution in [0.15, 0.2) is 62.3 Å². The molecule has 176 valence electrons. The Balaban J connectivity index is 1.11. The second-order valence-electron chi connectivity index (χ2n) is 8.49. The van der Waals surface area contributed by atoms with Gasteiger partial charge in [0.15, 0.2) is 11.4 Å². The lowest BCUT2D eigenvalue weighted by molar-refractivity contribution is 0.0891. The van der Waals surface area contributed by atoms with Gasteiger partial charge in [0.05, 0.1) is 12.1 Å². The van der Waals surface area contributed by atoms with E-state index in [1.54, 1.807) is 18.2 Å². The molecule has 0 atom stereocenters. The minimum atomic E-state index is -0.514. The Morgan fingerprint density at radius 3 is 2.65 bits per heavy atom. The van der Waals surface area contributed by atoms with E-state index in [2.05, 4.69) is 32.5 Å². The van der Waals surface area contributed by atoms with E-state index in [1.165, 1.54) is 10.1 Å². The summed E-state index contributed by atoms with van der Waals surface area (Å²) in [6, 6.07) is 15.0. The van der Waals surface area contributed by atoms with E-state index >= 15 is 0 Å². The van der Waals surface area contributed by atoms with Crippen molar-refractivity contribution in [3.05, 3.63) is 81.4 Å². The van der Waals surface area contributed by atoms with E-state index in [0.717, 1.165) is 37.5 Å². The fraction of sp³-hybridized carbons (Fsp3) is 0.333. The smallest absolute Gasteiger partial charge is 0.408 e. The van der Waals surface area contributed by atoms with Crippen LogP contribution in [-0.4, -0.2) is 45.1 Å². The van der Waals surface area contributed by atoms with Crippen LogP contribution in [0.25, 0.3) is 11.1 Å². The third-order valence-electron chi connectivity index (χ3n) is 6.11. The van der Waals surface area contributed by atoms with Crippen molar-refractivity contribution in [2.75, 3.05) is 19.6 Å². The zero-order chi connectivity index (χ0) is 23.5. The molecule has 0 saturated carbocycles. The average Bonchev–Trinajstić information content (AvgIpc) is 3.45. The molecule has 10 heteroatoms. The molecular formula is C24H24ClN5O4. The van der Waals surface area contributed by atoms with Crippen molar-refractivity contribution in [3.63, 3.8) is 0 Å². The highest BCUT2D eigenvalue weighted by Gasteiger charge is 2.22. The molecule has 1 amide bonds. The average molecular weight is 482 g/mol. The molecule has 5 rings (SSSR count). The predicted octanol–water partition coefficient (Wildman–Crippen LogP) is 3.32. The highest BCUT2D eigenvalue weighted by Crippen LogP contribution is 2.19. The highest BCUT2D eigenvalue weighted by atomic mass is 35.5. The minimum Gasteiger partial charge on any atom is -0.408 e. The number of halogens is 1. The van der Waals surface area contributed by atoms with E-state index in [9.17, 15) is 9.59 Å². The number of benzene rings is 2. The molecule has 1 saturated heterocycles. The van der Waals surface area contributed by atoms with Gasteiger partial charge in [0.1, 0.15) is 0 Å². The first-order valence-corrected chi connectivity index (χ1v) is 11.6. The zero-order valence-electron chi connectivity index (χ0n) is 18.4. The summed E-state index contributed by atoms with van der Waals surface area (Å²) in [7, 11) is 0. The monoisotopic (exact) mass is 481 g/mol. The van der Waals surface area contributed by atoms with Crippen LogP contribution in [0.2, 0.25) is 5.02 Å². The van der Waals surface area contributed by atoms with Crippen LogP contribution in [0.5, 0.6) is 0 Å². The lowest BCUT2D eigenvalue weighted by Gasteiger charge is -2.32. The summed E-state index contributed by atoms with van der Waals surface area (Å²) in [5, 5.41) is 7.49. The Bertz CT molecular complexity index is 1340. The van der Waals surface area contributed by atoms with Crippen molar-refractivity contribution in [1.29, 1.82) is 0 Å². The van der Waals surface area contributed by atoms with Gasteiger partial charge in [0, 0.05) is 18.1 Å². The Kier molecular flexibility index (Phi) is 6.46. The minimum absolute atomic E-state index is 0.0543. The number of aromatic nitrogens is 3. The van der Waals surface area contributed by atoms with Gasteiger partial charge in [-0.15, -0.1) is 0 Å². The van der Waals surface area contributed by atoms with E-state index in [1.807, 2.05) is 18.2 Å². The number of oxazole rings is 1. The standard InChI is InChI=1S/C24H24ClN5O4/c25-18-7-5-17(6-8-18)14-29-11-9-16(10-12-29)13-26-22(31)23-27-21(28-34-23)15-30-19-3-1-2-4-20(19)33-24(30)32/h1-8,16H,9-15H2,(H,26,31). The number of carbonyl (C=O) groups excluding carboxylic acids is 1. The highest BCUT2D eigenvalue weighted by molar-refractivity contribution is 6.30. The molecule has 0 aliphatic carbocycles. The molecule has 1 aliphatic rings. The number of nitrogens with zero attached hydrogens (tertiary/aromatic N) is 4. The molecule has 0 bridgehead atoms. The second-order valence-corrected chi connectivity index (χ2v) is 8.93. The van der Waals surface area contributed by atoms with E-state index in [-0.39, 0.29) is 18.3 Å². The van der Waals surface area contributed by atoms with Crippen molar-refractivity contribution >= 4 is 28.6 Å². The maximum absolute atomic E-state index is 12.5. The summed E-state index contributed by atoms with van der Waals surface area (Å²) < 4.78 is 11.7. The third kappa shape index (κ3) is 5.05. The summed E-state index contributed by atoms with van der Waals surface area (Å²) in [6.07, 6.45) is 2.00.